The van der Waals surface area contributed by atoms with E-state index in [1.165, 1.54) is 24.7 Å². The lowest BCUT2D eigenvalue weighted by atomic mass is 9.89. The number of hydrogen-bond donors (Lipinski definition) is 1. The number of carbonyl (C=O) groups excluding carboxylic acids is 1. The van der Waals surface area contributed by atoms with Crippen molar-refractivity contribution >= 4 is 5.91 Å². The summed E-state index contributed by atoms with van der Waals surface area (Å²) in [6.45, 7) is 3.32. The molecular formula is C19H23N3O3. The standard InChI is InChI=1S/C19H23N3O3/c1-13-5-7-14(8-6-13)18-15(4-3-11-25-18)12-20-19(24)16-9-10-17(23)22(2)21-16/h5-10,15,18H,3-4,11-12H2,1-2H3,(H,20,24)/t15-,18+/m0/s1. The van der Waals surface area contributed by atoms with Crippen LogP contribution in [-0.2, 0) is 11.8 Å². The lowest BCUT2D eigenvalue weighted by Gasteiger charge is -2.32. The number of amides is 1. The van der Waals surface area contributed by atoms with Gasteiger partial charge < -0.3 is 10.1 Å². The first kappa shape index (κ1) is 17.4. The molecule has 1 aliphatic rings. The van der Waals surface area contributed by atoms with Crippen molar-refractivity contribution in [2.45, 2.75) is 25.9 Å². The number of nitrogens with zero attached hydrogens (tertiary/aromatic N) is 2. The Bertz CT molecular complexity index is 798. The fraction of sp³-hybridized carbons (Fsp3) is 0.421. The molecule has 6 heteroatoms. The Labute approximate surface area is 146 Å². The van der Waals surface area contributed by atoms with Gasteiger partial charge in [-0.15, -0.1) is 0 Å². The van der Waals surface area contributed by atoms with Crippen molar-refractivity contribution in [2.75, 3.05) is 13.2 Å². The molecule has 0 unspecified atom stereocenters. The van der Waals surface area contributed by atoms with Crippen LogP contribution in [0.1, 0.15) is 40.6 Å². The summed E-state index contributed by atoms with van der Waals surface area (Å²) in [6.07, 6.45) is 1.98. The summed E-state index contributed by atoms with van der Waals surface area (Å²) in [5, 5.41) is 6.91. The van der Waals surface area contributed by atoms with Crippen LogP contribution in [0.15, 0.2) is 41.2 Å². The molecule has 0 spiro atoms. The third-order valence-electron chi connectivity index (χ3n) is 4.57. The van der Waals surface area contributed by atoms with Gasteiger partial charge in [0.15, 0.2) is 0 Å². The van der Waals surface area contributed by atoms with E-state index in [1.54, 1.807) is 0 Å². The van der Waals surface area contributed by atoms with Crippen molar-refractivity contribution in [3.05, 3.63) is 63.6 Å². The van der Waals surface area contributed by atoms with Crippen LogP contribution < -0.4 is 10.9 Å². The molecule has 0 radical (unpaired) electrons. The van der Waals surface area contributed by atoms with Crippen LogP contribution in [0.2, 0.25) is 0 Å². The minimum absolute atomic E-state index is 0.0114. The minimum Gasteiger partial charge on any atom is -0.373 e. The van der Waals surface area contributed by atoms with E-state index in [4.69, 9.17) is 4.74 Å². The number of aromatic nitrogens is 2. The van der Waals surface area contributed by atoms with E-state index in [9.17, 15) is 9.59 Å². The van der Waals surface area contributed by atoms with Crippen molar-refractivity contribution in [1.29, 1.82) is 0 Å². The summed E-state index contributed by atoms with van der Waals surface area (Å²) >= 11 is 0. The average molecular weight is 341 g/mol. The van der Waals surface area contributed by atoms with Crippen LogP contribution in [0.5, 0.6) is 0 Å². The van der Waals surface area contributed by atoms with E-state index >= 15 is 0 Å². The average Bonchev–Trinajstić information content (AvgIpc) is 2.63. The molecule has 2 heterocycles. The zero-order chi connectivity index (χ0) is 17.8. The maximum absolute atomic E-state index is 12.3. The molecule has 1 aromatic heterocycles. The number of benzene rings is 1. The number of carbonyl (C=O) groups is 1. The van der Waals surface area contributed by atoms with Crippen LogP contribution in [0.25, 0.3) is 0 Å². The summed E-state index contributed by atoms with van der Waals surface area (Å²) in [6, 6.07) is 11.1. The molecule has 3 rings (SSSR count). The summed E-state index contributed by atoms with van der Waals surface area (Å²) in [5.41, 5.74) is 2.36. The minimum atomic E-state index is -0.274. The highest BCUT2D eigenvalue weighted by molar-refractivity contribution is 5.91. The molecule has 1 amide bonds. The molecular weight excluding hydrogens is 318 g/mol. The second-order valence-electron chi connectivity index (χ2n) is 6.49. The predicted octanol–water partition coefficient (Wildman–Crippen LogP) is 1.99. The Balaban J connectivity index is 1.67. The number of rotatable bonds is 4. The van der Waals surface area contributed by atoms with Gasteiger partial charge in [0.1, 0.15) is 5.69 Å². The van der Waals surface area contributed by atoms with Gasteiger partial charge >= 0.3 is 0 Å². The van der Waals surface area contributed by atoms with Gasteiger partial charge in [0.25, 0.3) is 11.5 Å². The third-order valence-corrected chi connectivity index (χ3v) is 4.57. The third kappa shape index (κ3) is 4.14. The number of aryl methyl sites for hydroxylation is 2. The first-order chi connectivity index (χ1) is 12.0. The van der Waals surface area contributed by atoms with Crippen molar-refractivity contribution in [3.8, 4) is 0 Å². The molecule has 0 bridgehead atoms. The van der Waals surface area contributed by atoms with Gasteiger partial charge in [0.2, 0.25) is 0 Å². The fourth-order valence-corrected chi connectivity index (χ4v) is 3.11. The van der Waals surface area contributed by atoms with Gasteiger partial charge in [0.05, 0.1) is 6.10 Å². The second-order valence-corrected chi connectivity index (χ2v) is 6.49. The zero-order valence-corrected chi connectivity index (χ0v) is 14.6. The van der Waals surface area contributed by atoms with E-state index in [0.29, 0.717) is 6.54 Å². The SMILES string of the molecule is Cc1ccc([C@H]2OCCC[C@H]2CNC(=O)c2ccc(=O)n(C)n2)cc1. The smallest absolute Gasteiger partial charge is 0.271 e. The Morgan fingerprint density at radius 1 is 1.28 bits per heavy atom. The van der Waals surface area contributed by atoms with Crippen LogP contribution in [0.4, 0.5) is 0 Å². The normalized spacial score (nSPS) is 20.2. The fourth-order valence-electron chi connectivity index (χ4n) is 3.11. The molecule has 1 aliphatic heterocycles. The largest absolute Gasteiger partial charge is 0.373 e. The molecule has 0 aliphatic carbocycles. The molecule has 25 heavy (non-hydrogen) atoms. The Kier molecular flexibility index (Phi) is 5.28. The van der Waals surface area contributed by atoms with Crippen LogP contribution >= 0.6 is 0 Å². The highest BCUT2D eigenvalue weighted by atomic mass is 16.5. The van der Waals surface area contributed by atoms with Crippen molar-refractivity contribution < 1.29 is 9.53 Å². The molecule has 0 saturated carbocycles. The topological polar surface area (TPSA) is 73.2 Å². The van der Waals surface area contributed by atoms with E-state index in [2.05, 4.69) is 41.6 Å². The quantitative estimate of drug-likeness (QED) is 0.923. The van der Waals surface area contributed by atoms with Crippen LogP contribution in [0, 0.1) is 12.8 Å². The van der Waals surface area contributed by atoms with Gasteiger partial charge in [-0.25, -0.2) is 4.68 Å². The first-order valence-electron chi connectivity index (χ1n) is 8.55. The number of hydrogen-bond acceptors (Lipinski definition) is 4. The predicted molar refractivity (Wildman–Crippen MR) is 94.4 cm³/mol. The molecule has 1 saturated heterocycles. The summed E-state index contributed by atoms with van der Waals surface area (Å²) < 4.78 is 7.14. The molecule has 6 nitrogen and oxygen atoms in total. The van der Waals surface area contributed by atoms with Crippen LogP contribution in [-0.4, -0.2) is 28.8 Å². The Morgan fingerprint density at radius 2 is 2.04 bits per heavy atom. The second kappa shape index (κ2) is 7.61. The van der Waals surface area contributed by atoms with E-state index in [-0.39, 0.29) is 29.2 Å². The zero-order valence-electron chi connectivity index (χ0n) is 14.6. The number of ether oxygens (including phenoxy) is 1. The highest BCUT2D eigenvalue weighted by Gasteiger charge is 2.28. The van der Waals surface area contributed by atoms with Gasteiger partial charge in [-0.05, 0) is 31.4 Å². The summed E-state index contributed by atoms with van der Waals surface area (Å²) in [5.74, 6) is -0.0585. The molecule has 2 aromatic rings. The molecule has 1 aromatic carbocycles. The van der Waals surface area contributed by atoms with Crippen molar-refractivity contribution in [1.82, 2.24) is 15.1 Å². The summed E-state index contributed by atoms with van der Waals surface area (Å²) in [7, 11) is 1.53. The van der Waals surface area contributed by atoms with Crippen molar-refractivity contribution in [3.63, 3.8) is 0 Å². The monoisotopic (exact) mass is 341 g/mol. The number of nitrogens with one attached hydrogen (secondary N) is 1. The Hall–Kier alpha value is -2.47. The highest BCUT2D eigenvalue weighted by Crippen LogP contribution is 2.33. The van der Waals surface area contributed by atoms with Crippen molar-refractivity contribution in [2.24, 2.45) is 13.0 Å². The van der Waals surface area contributed by atoms with Gasteiger partial charge in [-0.3, -0.25) is 9.59 Å². The van der Waals surface area contributed by atoms with Crippen LogP contribution in [0.3, 0.4) is 0 Å². The molecule has 2 atom stereocenters. The van der Waals surface area contributed by atoms with E-state index in [1.807, 2.05) is 0 Å². The van der Waals surface area contributed by atoms with Gasteiger partial charge in [0, 0.05) is 32.2 Å². The lowest BCUT2D eigenvalue weighted by Crippen LogP contribution is -2.36. The first-order valence-corrected chi connectivity index (χ1v) is 8.55. The van der Waals surface area contributed by atoms with E-state index in [0.717, 1.165) is 29.7 Å². The maximum atomic E-state index is 12.3. The lowest BCUT2D eigenvalue weighted by molar-refractivity contribution is -0.0272. The Morgan fingerprint density at radius 3 is 2.76 bits per heavy atom. The molecule has 132 valence electrons. The molecule has 1 N–H and O–H groups in total. The van der Waals surface area contributed by atoms with E-state index < -0.39 is 0 Å². The summed E-state index contributed by atoms with van der Waals surface area (Å²) in [4.78, 5) is 23.7. The molecule has 1 fully saturated rings. The maximum Gasteiger partial charge on any atom is 0.271 e. The van der Waals surface area contributed by atoms with Gasteiger partial charge in [-0.1, -0.05) is 29.8 Å². The van der Waals surface area contributed by atoms with Gasteiger partial charge in [-0.2, -0.15) is 5.10 Å².